The summed E-state index contributed by atoms with van der Waals surface area (Å²) >= 11 is 7.48. The molecule has 2 atom stereocenters. The molecule has 0 aromatic carbocycles. The molecule has 1 fully saturated rings. The van der Waals surface area contributed by atoms with Gasteiger partial charge in [0.25, 0.3) is 5.91 Å². The van der Waals surface area contributed by atoms with Crippen LogP contribution in [-0.2, 0) is 4.79 Å². The number of hydrogen-bond acceptors (Lipinski definition) is 4. The molecule has 7 heteroatoms. The highest BCUT2D eigenvalue weighted by atomic mass is 35.5. The number of aliphatic carboxylic acids is 1. The van der Waals surface area contributed by atoms with Crippen LogP contribution in [0.3, 0.4) is 0 Å². The van der Waals surface area contributed by atoms with E-state index in [2.05, 4.69) is 4.98 Å². The average molecular weight is 315 g/mol. The lowest BCUT2D eigenvalue weighted by Crippen LogP contribution is -2.47. The minimum absolute atomic E-state index is 0.159. The van der Waals surface area contributed by atoms with Gasteiger partial charge in [-0.05, 0) is 12.0 Å². The van der Waals surface area contributed by atoms with Gasteiger partial charge in [0.1, 0.15) is 6.04 Å². The second kappa shape index (κ2) is 6.01. The Morgan fingerprint density at radius 2 is 2.25 bits per heavy atom. The average Bonchev–Trinajstić information content (AvgIpc) is 2.83. The minimum Gasteiger partial charge on any atom is -0.480 e. The van der Waals surface area contributed by atoms with Gasteiger partial charge in [0.2, 0.25) is 0 Å². The first-order chi connectivity index (χ1) is 9.43. The van der Waals surface area contributed by atoms with E-state index in [1.54, 1.807) is 0 Å². The Kier molecular flexibility index (Phi) is 4.55. The minimum atomic E-state index is -0.987. The maximum atomic E-state index is 12.6. The van der Waals surface area contributed by atoms with E-state index in [0.29, 0.717) is 11.3 Å². The standard InChI is InChI=1S/C13H15ClN2O3S/c1-7(2)12-16(10(6-20-12)13(18)19)11(17)8-3-4-15-5-9(8)14/h3-5,7,10,12H,6H2,1-2H3,(H,18,19). The van der Waals surface area contributed by atoms with Gasteiger partial charge in [0, 0.05) is 18.1 Å². The molecule has 0 bridgehead atoms. The number of pyridine rings is 1. The summed E-state index contributed by atoms with van der Waals surface area (Å²) in [6, 6.07) is 0.702. The number of carboxylic acid groups (broad SMARTS) is 1. The molecule has 5 nitrogen and oxygen atoms in total. The highest BCUT2D eigenvalue weighted by Crippen LogP contribution is 2.35. The maximum Gasteiger partial charge on any atom is 0.327 e. The van der Waals surface area contributed by atoms with Crippen LogP contribution >= 0.6 is 23.4 Å². The third-order valence-corrected chi connectivity index (χ3v) is 5.05. The van der Waals surface area contributed by atoms with Crippen molar-refractivity contribution in [2.75, 3.05) is 5.75 Å². The first kappa shape index (κ1) is 15.1. The molecule has 20 heavy (non-hydrogen) atoms. The van der Waals surface area contributed by atoms with Crippen LogP contribution in [0.5, 0.6) is 0 Å². The summed E-state index contributed by atoms with van der Waals surface area (Å²) in [7, 11) is 0. The summed E-state index contributed by atoms with van der Waals surface area (Å²) in [6.45, 7) is 3.94. The summed E-state index contributed by atoms with van der Waals surface area (Å²) in [5, 5.41) is 9.37. The van der Waals surface area contributed by atoms with Crippen LogP contribution in [0.25, 0.3) is 0 Å². The predicted molar refractivity (Wildman–Crippen MR) is 77.9 cm³/mol. The monoisotopic (exact) mass is 314 g/mol. The van der Waals surface area contributed by atoms with E-state index in [9.17, 15) is 14.7 Å². The Hall–Kier alpha value is -1.27. The Balaban J connectivity index is 2.37. The molecule has 0 aliphatic carbocycles. The van der Waals surface area contributed by atoms with Gasteiger partial charge in [0.15, 0.2) is 0 Å². The first-order valence-electron chi connectivity index (χ1n) is 6.20. The quantitative estimate of drug-likeness (QED) is 0.927. The first-order valence-corrected chi connectivity index (χ1v) is 7.62. The number of nitrogens with zero attached hydrogens (tertiary/aromatic N) is 2. The molecular formula is C13H15ClN2O3S. The smallest absolute Gasteiger partial charge is 0.327 e. The van der Waals surface area contributed by atoms with Crippen molar-refractivity contribution in [2.45, 2.75) is 25.3 Å². The Morgan fingerprint density at radius 1 is 1.55 bits per heavy atom. The zero-order valence-electron chi connectivity index (χ0n) is 11.1. The Labute approximate surface area is 126 Å². The lowest BCUT2D eigenvalue weighted by Gasteiger charge is -2.30. The molecule has 108 valence electrons. The maximum absolute atomic E-state index is 12.6. The second-order valence-corrected chi connectivity index (χ2v) is 6.45. The number of rotatable bonds is 3. The van der Waals surface area contributed by atoms with Crippen LogP contribution in [0.15, 0.2) is 18.5 Å². The van der Waals surface area contributed by atoms with Crippen molar-refractivity contribution in [3.63, 3.8) is 0 Å². The summed E-state index contributed by atoms with van der Waals surface area (Å²) in [5.41, 5.74) is 0.293. The predicted octanol–water partition coefficient (Wildman–Crippen LogP) is 2.36. The van der Waals surface area contributed by atoms with Gasteiger partial charge in [-0.2, -0.15) is 0 Å². The van der Waals surface area contributed by atoms with Gasteiger partial charge < -0.3 is 10.0 Å². The summed E-state index contributed by atoms with van der Waals surface area (Å²) in [4.78, 5) is 29.3. The molecule has 0 saturated carbocycles. The molecule has 2 unspecified atom stereocenters. The van der Waals surface area contributed by atoms with Gasteiger partial charge in [0.05, 0.1) is 16.0 Å². The number of carbonyl (C=O) groups excluding carboxylic acids is 1. The van der Waals surface area contributed by atoms with Crippen LogP contribution in [0.2, 0.25) is 5.02 Å². The fourth-order valence-electron chi connectivity index (χ4n) is 2.18. The van der Waals surface area contributed by atoms with Crippen molar-refractivity contribution in [3.05, 3.63) is 29.0 Å². The number of aromatic nitrogens is 1. The summed E-state index contributed by atoms with van der Waals surface area (Å²) in [6.07, 6.45) is 2.86. The molecule has 1 amide bonds. The van der Waals surface area contributed by atoms with E-state index in [1.165, 1.54) is 35.1 Å². The molecule has 2 rings (SSSR count). The third kappa shape index (κ3) is 2.76. The van der Waals surface area contributed by atoms with Crippen molar-refractivity contribution in [2.24, 2.45) is 5.92 Å². The van der Waals surface area contributed by atoms with Crippen molar-refractivity contribution >= 4 is 35.2 Å². The van der Waals surface area contributed by atoms with E-state index < -0.39 is 12.0 Å². The topological polar surface area (TPSA) is 70.5 Å². The largest absolute Gasteiger partial charge is 0.480 e. The van der Waals surface area contributed by atoms with Crippen molar-refractivity contribution in [1.82, 2.24) is 9.88 Å². The van der Waals surface area contributed by atoms with Crippen molar-refractivity contribution < 1.29 is 14.7 Å². The number of carbonyl (C=O) groups is 2. The molecule has 1 aliphatic rings. The number of carboxylic acids is 1. The summed E-state index contributed by atoms with van der Waals surface area (Å²) in [5.74, 6) is -0.784. The molecule has 1 aliphatic heterocycles. The third-order valence-electron chi connectivity index (χ3n) is 3.13. The lowest BCUT2D eigenvalue weighted by molar-refractivity contribution is -0.141. The molecule has 2 heterocycles. The molecule has 1 saturated heterocycles. The molecule has 0 radical (unpaired) electrons. The number of halogens is 1. The van der Waals surface area contributed by atoms with Crippen LogP contribution in [0, 0.1) is 5.92 Å². The van der Waals surface area contributed by atoms with Crippen LogP contribution < -0.4 is 0 Å². The van der Waals surface area contributed by atoms with Crippen molar-refractivity contribution in [3.8, 4) is 0 Å². The lowest BCUT2D eigenvalue weighted by atomic mass is 10.1. The molecule has 1 N–H and O–H groups in total. The van der Waals surface area contributed by atoms with E-state index in [4.69, 9.17) is 11.6 Å². The van der Waals surface area contributed by atoms with Gasteiger partial charge in [-0.3, -0.25) is 9.78 Å². The number of thioether (sulfide) groups is 1. The molecular weight excluding hydrogens is 300 g/mol. The van der Waals surface area contributed by atoms with E-state index in [-0.39, 0.29) is 22.2 Å². The number of hydrogen-bond donors (Lipinski definition) is 1. The fourth-order valence-corrected chi connectivity index (χ4v) is 3.85. The van der Waals surface area contributed by atoms with Crippen LogP contribution in [-0.4, -0.2) is 44.0 Å². The van der Waals surface area contributed by atoms with Gasteiger partial charge in [-0.1, -0.05) is 25.4 Å². The van der Waals surface area contributed by atoms with E-state index in [0.717, 1.165) is 0 Å². The normalized spacial score (nSPS) is 22.3. The molecule has 1 aromatic heterocycles. The van der Waals surface area contributed by atoms with E-state index >= 15 is 0 Å². The van der Waals surface area contributed by atoms with Gasteiger partial charge >= 0.3 is 5.97 Å². The Bertz CT molecular complexity index is 538. The zero-order valence-corrected chi connectivity index (χ0v) is 12.7. The van der Waals surface area contributed by atoms with Crippen molar-refractivity contribution in [1.29, 1.82) is 0 Å². The Morgan fingerprint density at radius 3 is 2.80 bits per heavy atom. The number of amides is 1. The second-order valence-electron chi connectivity index (χ2n) is 4.89. The van der Waals surface area contributed by atoms with Crippen LogP contribution in [0.4, 0.5) is 0 Å². The molecule has 0 spiro atoms. The fraction of sp³-hybridized carbons (Fsp3) is 0.462. The van der Waals surface area contributed by atoms with E-state index in [1.807, 2.05) is 13.8 Å². The summed E-state index contributed by atoms with van der Waals surface area (Å²) < 4.78 is 0. The highest BCUT2D eigenvalue weighted by molar-refractivity contribution is 8.00. The molecule has 1 aromatic rings. The van der Waals surface area contributed by atoms with Crippen LogP contribution in [0.1, 0.15) is 24.2 Å². The zero-order chi connectivity index (χ0) is 14.9. The van der Waals surface area contributed by atoms with Gasteiger partial charge in [-0.15, -0.1) is 11.8 Å². The highest BCUT2D eigenvalue weighted by Gasteiger charge is 2.43. The SMILES string of the molecule is CC(C)C1SCC(C(=O)O)N1C(=O)c1ccncc1Cl. The van der Waals surface area contributed by atoms with Gasteiger partial charge in [-0.25, -0.2) is 4.79 Å².